The summed E-state index contributed by atoms with van der Waals surface area (Å²) in [5.41, 5.74) is 4.49. The second-order valence-corrected chi connectivity index (χ2v) is 5.34. The van der Waals surface area contributed by atoms with Crippen LogP contribution in [0.2, 0.25) is 0 Å². The fraction of sp³-hybridized carbons (Fsp3) is 0.222. The van der Waals surface area contributed by atoms with Gasteiger partial charge in [0.2, 0.25) is 5.91 Å². The fourth-order valence-electron chi connectivity index (χ4n) is 2.11. The fourth-order valence-corrected chi connectivity index (χ4v) is 2.11. The van der Waals surface area contributed by atoms with Crippen LogP contribution in [0.3, 0.4) is 0 Å². The number of hydrogen-bond donors (Lipinski definition) is 2. The molecule has 114 valence electrons. The number of amides is 2. The molecule has 0 atom stereocenters. The van der Waals surface area contributed by atoms with Gasteiger partial charge in [-0.3, -0.25) is 9.59 Å². The SMILES string of the molecule is Cc1ccc(NC(=O)CNC(=O)c2ccccc2C)cc1C. The first-order chi connectivity index (χ1) is 10.5. The Morgan fingerprint density at radius 2 is 1.64 bits per heavy atom. The van der Waals surface area contributed by atoms with Gasteiger partial charge in [-0.05, 0) is 55.7 Å². The molecule has 0 heterocycles. The van der Waals surface area contributed by atoms with Crippen LogP contribution >= 0.6 is 0 Å². The number of rotatable bonds is 4. The van der Waals surface area contributed by atoms with Crippen LogP contribution in [-0.4, -0.2) is 18.4 Å². The monoisotopic (exact) mass is 296 g/mol. The van der Waals surface area contributed by atoms with Gasteiger partial charge in [-0.1, -0.05) is 24.3 Å². The summed E-state index contributed by atoms with van der Waals surface area (Å²) in [7, 11) is 0. The summed E-state index contributed by atoms with van der Waals surface area (Å²) in [4.78, 5) is 23.9. The number of anilines is 1. The summed E-state index contributed by atoms with van der Waals surface area (Å²) in [6.07, 6.45) is 0. The molecule has 2 amide bonds. The lowest BCUT2D eigenvalue weighted by atomic mass is 10.1. The van der Waals surface area contributed by atoms with Crippen molar-refractivity contribution in [3.63, 3.8) is 0 Å². The van der Waals surface area contributed by atoms with Gasteiger partial charge < -0.3 is 10.6 Å². The zero-order chi connectivity index (χ0) is 16.1. The average Bonchev–Trinajstić information content (AvgIpc) is 2.49. The molecule has 0 spiro atoms. The Balaban J connectivity index is 1.91. The molecular weight excluding hydrogens is 276 g/mol. The third kappa shape index (κ3) is 3.95. The normalized spacial score (nSPS) is 10.1. The highest BCUT2D eigenvalue weighted by Crippen LogP contribution is 2.13. The van der Waals surface area contributed by atoms with Crippen LogP contribution in [0, 0.1) is 20.8 Å². The minimum Gasteiger partial charge on any atom is -0.343 e. The third-order valence-electron chi connectivity index (χ3n) is 3.59. The van der Waals surface area contributed by atoms with E-state index < -0.39 is 0 Å². The van der Waals surface area contributed by atoms with Gasteiger partial charge in [0.05, 0.1) is 6.54 Å². The van der Waals surface area contributed by atoms with Gasteiger partial charge in [-0.25, -0.2) is 0 Å². The van der Waals surface area contributed by atoms with Crippen molar-refractivity contribution in [1.82, 2.24) is 5.32 Å². The van der Waals surface area contributed by atoms with E-state index >= 15 is 0 Å². The largest absolute Gasteiger partial charge is 0.343 e. The molecule has 0 unspecified atom stereocenters. The molecule has 0 saturated carbocycles. The summed E-state index contributed by atoms with van der Waals surface area (Å²) >= 11 is 0. The minimum absolute atomic E-state index is 0.0555. The van der Waals surface area contributed by atoms with Crippen molar-refractivity contribution in [2.75, 3.05) is 11.9 Å². The molecule has 0 aromatic heterocycles. The first kappa shape index (κ1) is 15.8. The lowest BCUT2D eigenvalue weighted by Crippen LogP contribution is -2.33. The molecule has 0 saturated heterocycles. The number of aryl methyl sites for hydroxylation is 3. The van der Waals surface area contributed by atoms with Crippen molar-refractivity contribution in [2.45, 2.75) is 20.8 Å². The molecule has 0 radical (unpaired) electrons. The molecule has 22 heavy (non-hydrogen) atoms. The molecule has 2 aromatic rings. The van der Waals surface area contributed by atoms with Crippen LogP contribution in [0.4, 0.5) is 5.69 Å². The Morgan fingerprint density at radius 3 is 2.32 bits per heavy atom. The molecule has 0 aliphatic heterocycles. The lowest BCUT2D eigenvalue weighted by Gasteiger charge is -2.09. The molecule has 0 aliphatic rings. The molecule has 0 fully saturated rings. The Morgan fingerprint density at radius 1 is 0.909 bits per heavy atom. The van der Waals surface area contributed by atoms with Crippen molar-refractivity contribution in [2.24, 2.45) is 0 Å². The summed E-state index contributed by atoms with van der Waals surface area (Å²) in [5, 5.41) is 5.41. The molecule has 4 heteroatoms. The van der Waals surface area contributed by atoms with Crippen LogP contribution in [0.15, 0.2) is 42.5 Å². The van der Waals surface area contributed by atoms with E-state index in [0.29, 0.717) is 5.56 Å². The number of nitrogens with one attached hydrogen (secondary N) is 2. The molecule has 2 rings (SSSR count). The van der Waals surface area contributed by atoms with Gasteiger partial charge in [0, 0.05) is 11.3 Å². The summed E-state index contributed by atoms with van der Waals surface area (Å²) in [6.45, 7) is 5.82. The Kier molecular flexibility index (Phi) is 4.94. The van der Waals surface area contributed by atoms with Crippen molar-refractivity contribution in [3.8, 4) is 0 Å². The maximum absolute atomic E-state index is 12.0. The predicted octanol–water partition coefficient (Wildman–Crippen LogP) is 2.98. The highest BCUT2D eigenvalue weighted by atomic mass is 16.2. The van der Waals surface area contributed by atoms with E-state index in [0.717, 1.165) is 16.8 Å². The van der Waals surface area contributed by atoms with E-state index in [1.165, 1.54) is 5.56 Å². The zero-order valence-electron chi connectivity index (χ0n) is 13.1. The maximum atomic E-state index is 12.0. The second kappa shape index (κ2) is 6.89. The van der Waals surface area contributed by atoms with E-state index in [-0.39, 0.29) is 18.4 Å². The third-order valence-corrected chi connectivity index (χ3v) is 3.59. The van der Waals surface area contributed by atoms with Gasteiger partial charge in [0.15, 0.2) is 0 Å². The van der Waals surface area contributed by atoms with Crippen molar-refractivity contribution < 1.29 is 9.59 Å². The molecular formula is C18H20N2O2. The number of hydrogen-bond acceptors (Lipinski definition) is 2. The molecule has 0 bridgehead atoms. The number of benzene rings is 2. The van der Waals surface area contributed by atoms with Gasteiger partial charge >= 0.3 is 0 Å². The minimum atomic E-state index is -0.245. The van der Waals surface area contributed by atoms with Gasteiger partial charge in [-0.15, -0.1) is 0 Å². The maximum Gasteiger partial charge on any atom is 0.251 e. The van der Waals surface area contributed by atoms with Gasteiger partial charge in [-0.2, -0.15) is 0 Å². The molecule has 4 nitrogen and oxygen atoms in total. The molecule has 2 N–H and O–H groups in total. The van der Waals surface area contributed by atoms with Crippen molar-refractivity contribution in [1.29, 1.82) is 0 Å². The van der Waals surface area contributed by atoms with Crippen LogP contribution < -0.4 is 10.6 Å². The zero-order valence-corrected chi connectivity index (χ0v) is 13.1. The standard InChI is InChI=1S/C18H20N2O2/c1-12-8-9-15(10-14(12)3)20-17(21)11-19-18(22)16-7-5-4-6-13(16)2/h4-10H,11H2,1-3H3,(H,19,22)(H,20,21). The topological polar surface area (TPSA) is 58.2 Å². The Hall–Kier alpha value is -2.62. The molecule has 2 aromatic carbocycles. The smallest absolute Gasteiger partial charge is 0.251 e. The first-order valence-electron chi connectivity index (χ1n) is 7.18. The lowest BCUT2D eigenvalue weighted by molar-refractivity contribution is -0.115. The van der Waals surface area contributed by atoms with Crippen LogP contribution in [-0.2, 0) is 4.79 Å². The molecule has 0 aliphatic carbocycles. The number of carbonyl (C=O) groups excluding carboxylic acids is 2. The Labute approximate surface area is 130 Å². The Bertz CT molecular complexity index is 708. The van der Waals surface area contributed by atoms with E-state index in [2.05, 4.69) is 10.6 Å². The van der Waals surface area contributed by atoms with Crippen LogP contribution in [0.5, 0.6) is 0 Å². The highest BCUT2D eigenvalue weighted by molar-refractivity contribution is 6.00. The van der Waals surface area contributed by atoms with E-state index in [1.807, 2.05) is 51.1 Å². The first-order valence-corrected chi connectivity index (χ1v) is 7.18. The van der Waals surface area contributed by atoms with Gasteiger partial charge in [0.1, 0.15) is 0 Å². The second-order valence-electron chi connectivity index (χ2n) is 5.34. The summed E-state index contributed by atoms with van der Waals surface area (Å²) in [6, 6.07) is 13.0. The quantitative estimate of drug-likeness (QED) is 0.911. The summed E-state index contributed by atoms with van der Waals surface area (Å²) < 4.78 is 0. The van der Waals surface area contributed by atoms with E-state index in [4.69, 9.17) is 0 Å². The van der Waals surface area contributed by atoms with Crippen molar-refractivity contribution >= 4 is 17.5 Å². The van der Waals surface area contributed by atoms with E-state index in [1.54, 1.807) is 12.1 Å². The van der Waals surface area contributed by atoms with Gasteiger partial charge in [0.25, 0.3) is 5.91 Å². The van der Waals surface area contributed by atoms with Crippen LogP contribution in [0.1, 0.15) is 27.0 Å². The predicted molar refractivity (Wildman–Crippen MR) is 88.1 cm³/mol. The number of carbonyl (C=O) groups is 2. The van der Waals surface area contributed by atoms with Crippen LogP contribution in [0.25, 0.3) is 0 Å². The van der Waals surface area contributed by atoms with Crippen molar-refractivity contribution in [3.05, 3.63) is 64.7 Å². The highest BCUT2D eigenvalue weighted by Gasteiger charge is 2.10. The summed E-state index contributed by atoms with van der Waals surface area (Å²) in [5.74, 6) is -0.487. The average molecular weight is 296 g/mol. The van der Waals surface area contributed by atoms with E-state index in [9.17, 15) is 9.59 Å².